The fourth-order valence-corrected chi connectivity index (χ4v) is 4.67. The van der Waals surface area contributed by atoms with Crippen molar-refractivity contribution < 1.29 is 4.79 Å². The van der Waals surface area contributed by atoms with Gasteiger partial charge in [0.05, 0.1) is 5.92 Å². The molecule has 29 heavy (non-hydrogen) atoms. The maximum Gasteiger partial charge on any atom is 0.221 e. The Kier molecular flexibility index (Phi) is 5.88. The first-order chi connectivity index (χ1) is 14.0. The van der Waals surface area contributed by atoms with Gasteiger partial charge in [-0.3, -0.25) is 9.69 Å². The summed E-state index contributed by atoms with van der Waals surface area (Å²) >= 11 is 0. The number of carbonyl (C=O) groups is 1. The third-order valence-electron chi connectivity index (χ3n) is 6.14. The molecule has 1 atom stereocenters. The Labute approximate surface area is 173 Å². The van der Waals surface area contributed by atoms with Crippen molar-refractivity contribution in [2.45, 2.75) is 32.4 Å². The van der Waals surface area contributed by atoms with Crippen LogP contribution in [0.4, 0.5) is 0 Å². The number of aryl methyl sites for hydroxylation is 1. The van der Waals surface area contributed by atoms with Crippen molar-refractivity contribution in [3.8, 4) is 0 Å². The third-order valence-corrected chi connectivity index (χ3v) is 6.14. The number of aromatic nitrogens is 1. The second-order valence-electron chi connectivity index (χ2n) is 8.65. The van der Waals surface area contributed by atoms with Gasteiger partial charge in [-0.05, 0) is 70.2 Å². The Morgan fingerprint density at radius 2 is 1.93 bits per heavy atom. The van der Waals surface area contributed by atoms with Gasteiger partial charge in [-0.25, -0.2) is 0 Å². The summed E-state index contributed by atoms with van der Waals surface area (Å²) < 4.78 is 2.46. The second-order valence-corrected chi connectivity index (χ2v) is 8.65. The summed E-state index contributed by atoms with van der Waals surface area (Å²) in [6.07, 6.45) is 3.09. The van der Waals surface area contributed by atoms with Crippen LogP contribution < -0.4 is 5.73 Å². The van der Waals surface area contributed by atoms with Crippen molar-refractivity contribution in [2.24, 2.45) is 11.7 Å². The first kappa shape index (κ1) is 19.9. The highest BCUT2D eigenvalue weighted by Crippen LogP contribution is 2.30. The number of carbonyl (C=O) groups excluding carboxylic acids is 1. The van der Waals surface area contributed by atoms with E-state index in [1.165, 1.54) is 27.4 Å². The molecule has 5 nitrogen and oxygen atoms in total. The molecule has 0 spiro atoms. The van der Waals surface area contributed by atoms with E-state index in [2.05, 4.69) is 70.9 Å². The van der Waals surface area contributed by atoms with Gasteiger partial charge in [0.25, 0.3) is 0 Å². The molecule has 1 aromatic heterocycles. The molecule has 1 aliphatic rings. The van der Waals surface area contributed by atoms with Gasteiger partial charge in [-0.2, -0.15) is 0 Å². The predicted octanol–water partition coefficient (Wildman–Crippen LogP) is 3.44. The molecule has 154 valence electrons. The van der Waals surface area contributed by atoms with Gasteiger partial charge in [0, 0.05) is 41.4 Å². The van der Waals surface area contributed by atoms with Gasteiger partial charge in [-0.15, -0.1) is 0 Å². The number of piperidine rings is 1. The minimum atomic E-state index is -0.161. The largest absolute Gasteiger partial charge is 0.369 e. The molecule has 0 bridgehead atoms. The monoisotopic (exact) mass is 392 g/mol. The van der Waals surface area contributed by atoms with E-state index in [0.717, 1.165) is 52.0 Å². The van der Waals surface area contributed by atoms with E-state index >= 15 is 0 Å². The Morgan fingerprint density at radius 3 is 2.72 bits per heavy atom. The number of primary amides is 1. The van der Waals surface area contributed by atoms with Gasteiger partial charge in [-0.1, -0.05) is 24.3 Å². The highest BCUT2D eigenvalue weighted by atomic mass is 16.1. The van der Waals surface area contributed by atoms with Crippen molar-refractivity contribution in [3.63, 3.8) is 0 Å². The summed E-state index contributed by atoms with van der Waals surface area (Å²) in [6, 6.07) is 15.6. The standard InChI is InChI=1S/C24H32N4O/c1-26(2)12-6-14-28-22-9-4-3-8-20(22)21-15-18(10-11-23(21)28)16-27-13-5-7-19(17-27)24(25)29/h3-4,8-11,15,19H,5-7,12-14,16-17H2,1-2H3,(H2,25,29). The molecule has 2 N–H and O–H groups in total. The quantitative estimate of drug-likeness (QED) is 0.670. The van der Waals surface area contributed by atoms with E-state index in [0.29, 0.717) is 0 Å². The summed E-state index contributed by atoms with van der Waals surface area (Å²) in [6.45, 7) is 4.80. The van der Waals surface area contributed by atoms with Crippen LogP contribution >= 0.6 is 0 Å². The fourth-order valence-electron chi connectivity index (χ4n) is 4.67. The zero-order valence-electron chi connectivity index (χ0n) is 17.6. The topological polar surface area (TPSA) is 54.5 Å². The Bertz CT molecular complexity index is 1010. The number of hydrogen-bond donors (Lipinski definition) is 1. The molecule has 0 saturated carbocycles. The van der Waals surface area contributed by atoms with Gasteiger partial charge < -0.3 is 15.2 Å². The first-order valence-electron chi connectivity index (χ1n) is 10.7. The van der Waals surface area contributed by atoms with Crippen LogP contribution in [0.2, 0.25) is 0 Å². The summed E-state index contributed by atoms with van der Waals surface area (Å²) in [7, 11) is 4.25. The van der Waals surface area contributed by atoms with Gasteiger partial charge in [0.2, 0.25) is 5.91 Å². The van der Waals surface area contributed by atoms with Crippen LogP contribution in [0.5, 0.6) is 0 Å². The number of benzene rings is 2. The highest BCUT2D eigenvalue weighted by molar-refractivity contribution is 6.08. The minimum absolute atomic E-state index is 0.00825. The van der Waals surface area contributed by atoms with Gasteiger partial charge in [0.15, 0.2) is 0 Å². The summed E-state index contributed by atoms with van der Waals surface area (Å²) in [5, 5.41) is 2.65. The minimum Gasteiger partial charge on any atom is -0.369 e. The normalized spacial score (nSPS) is 18.1. The zero-order valence-corrected chi connectivity index (χ0v) is 17.6. The number of para-hydroxylation sites is 1. The van der Waals surface area contributed by atoms with Crippen molar-refractivity contribution in [3.05, 3.63) is 48.0 Å². The number of rotatable bonds is 7. The number of nitrogens with zero attached hydrogens (tertiary/aromatic N) is 3. The summed E-state index contributed by atoms with van der Waals surface area (Å²) in [4.78, 5) is 16.2. The van der Waals surface area contributed by atoms with Gasteiger partial charge >= 0.3 is 0 Å². The Hall–Kier alpha value is -2.37. The van der Waals surface area contributed by atoms with E-state index in [9.17, 15) is 4.79 Å². The Morgan fingerprint density at radius 1 is 1.14 bits per heavy atom. The molecule has 1 fully saturated rings. The summed E-state index contributed by atoms with van der Waals surface area (Å²) in [5.41, 5.74) is 9.47. The summed E-state index contributed by atoms with van der Waals surface area (Å²) in [5.74, 6) is -0.169. The number of fused-ring (bicyclic) bond motifs is 3. The van der Waals surface area contributed by atoms with Crippen molar-refractivity contribution in [2.75, 3.05) is 33.7 Å². The zero-order chi connectivity index (χ0) is 20.4. The number of nitrogens with two attached hydrogens (primary N) is 1. The molecule has 1 amide bonds. The third kappa shape index (κ3) is 4.31. The molecular formula is C24H32N4O. The second kappa shape index (κ2) is 8.56. The van der Waals surface area contributed by atoms with Crippen molar-refractivity contribution in [1.29, 1.82) is 0 Å². The molecule has 0 radical (unpaired) electrons. The van der Waals surface area contributed by atoms with Gasteiger partial charge in [0.1, 0.15) is 0 Å². The molecule has 3 aromatic rings. The maximum atomic E-state index is 11.6. The van der Waals surface area contributed by atoms with Crippen LogP contribution in [0.3, 0.4) is 0 Å². The predicted molar refractivity (Wildman–Crippen MR) is 120 cm³/mol. The number of amides is 1. The SMILES string of the molecule is CN(C)CCCn1c2ccccc2c2cc(CN3CCCC(C(N)=O)C3)ccc21. The first-order valence-corrected chi connectivity index (χ1v) is 10.7. The van der Waals surface area contributed by atoms with E-state index in [1.54, 1.807) is 0 Å². The molecule has 2 aromatic carbocycles. The average molecular weight is 393 g/mol. The Balaban J connectivity index is 1.62. The molecule has 1 aliphatic heterocycles. The smallest absolute Gasteiger partial charge is 0.221 e. The van der Waals surface area contributed by atoms with Crippen LogP contribution in [-0.2, 0) is 17.9 Å². The van der Waals surface area contributed by atoms with Crippen LogP contribution in [0, 0.1) is 5.92 Å². The fraction of sp³-hybridized carbons (Fsp3) is 0.458. The van der Waals surface area contributed by atoms with Crippen molar-refractivity contribution >= 4 is 27.7 Å². The lowest BCUT2D eigenvalue weighted by molar-refractivity contribution is -0.123. The van der Waals surface area contributed by atoms with E-state index in [1.807, 2.05) is 0 Å². The number of hydrogen-bond acceptors (Lipinski definition) is 3. The molecule has 0 aliphatic carbocycles. The lowest BCUT2D eigenvalue weighted by Gasteiger charge is -2.31. The lowest BCUT2D eigenvalue weighted by atomic mass is 9.97. The molecule has 1 saturated heterocycles. The average Bonchev–Trinajstić information content (AvgIpc) is 3.01. The van der Waals surface area contributed by atoms with Crippen molar-refractivity contribution in [1.82, 2.24) is 14.4 Å². The number of likely N-dealkylation sites (tertiary alicyclic amines) is 1. The lowest BCUT2D eigenvalue weighted by Crippen LogP contribution is -2.40. The van der Waals surface area contributed by atoms with E-state index < -0.39 is 0 Å². The van der Waals surface area contributed by atoms with Crippen LogP contribution in [-0.4, -0.2) is 54.0 Å². The molecule has 2 heterocycles. The van der Waals surface area contributed by atoms with Crippen LogP contribution in [0.25, 0.3) is 21.8 Å². The molecular weight excluding hydrogens is 360 g/mol. The molecule has 4 rings (SSSR count). The van der Waals surface area contributed by atoms with Crippen LogP contribution in [0.15, 0.2) is 42.5 Å². The molecule has 5 heteroatoms. The molecule has 1 unspecified atom stereocenters. The maximum absolute atomic E-state index is 11.6. The van der Waals surface area contributed by atoms with E-state index in [-0.39, 0.29) is 11.8 Å². The van der Waals surface area contributed by atoms with E-state index in [4.69, 9.17) is 5.73 Å². The highest BCUT2D eigenvalue weighted by Gasteiger charge is 2.24. The van der Waals surface area contributed by atoms with Crippen LogP contribution in [0.1, 0.15) is 24.8 Å².